The van der Waals surface area contributed by atoms with Crippen LogP contribution in [0, 0.1) is 5.82 Å². The van der Waals surface area contributed by atoms with Gasteiger partial charge < -0.3 is 19.4 Å². The van der Waals surface area contributed by atoms with E-state index in [9.17, 15) is 4.79 Å². The quantitative estimate of drug-likeness (QED) is 0.372. The molecule has 0 atom stereocenters. The zero-order valence-corrected chi connectivity index (χ0v) is 21.2. The van der Waals surface area contributed by atoms with Gasteiger partial charge in [0.25, 0.3) is 0 Å². The van der Waals surface area contributed by atoms with E-state index in [1.54, 1.807) is 25.6 Å². The molecule has 8 heteroatoms. The van der Waals surface area contributed by atoms with Crippen LogP contribution >= 0.6 is 0 Å². The minimum absolute atomic E-state index is 0.0191. The minimum atomic E-state index is -0.563. The summed E-state index contributed by atoms with van der Waals surface area (Å²) < 4.78 is 26.2. The number of nitrogens with zero attached hydrogens (tertiary/aromatic N) is 3. The Labute approximate surface area is 215 Å². The third-order valence-electron chi connectivity index (χ3n) is 6.77. The molecule has 7 nitrogen and oxygen atoms in total. The van der Waals surface area contributed by atoms with E-state index in [2.05, 4.69) is 19.8 Å². The van der Waals surface area contributed by atoms with Crippen molar-refractivity contribution >= 4 is 16.6 Å². The summed E-state index contributed by atoms with van der Waals surface area (Å²) in [7, 11) is 1.60. The molecule has 1 N–H and O–H groups in total. The van der Waals surface area contributed by atoms with E-state index in [1.807, 2.05) is 43.3 Å². The Hall–Kier alpha value is -3.91. The molecule has 0 amide bonds. The van der Waals surface area contributed by atoms with Crippen LogP contribution in [0.15, 0.2) is 65.7 Å². The monoisotopic (exact) mass is 502 g/mol. The summed E-state index contributed by atoms with van der Waals surface area (Å²) in [6.07, 6.45) is 4.42. The average molecular weight is 503 g/mol. The first-order valence-electron chi connectivity index (χ1n) is 12.6. The first-order valence-corrected chi connectivity index (χ1v) is 12.6. The van der Waals surface area contributed by atoms with Gasteiger partial charge in [-0.3, -0.25) is 14.7 Å². The number of halogens is 1. The molecule has 1 saturated heterocycles. The molecule has 0 spiro atoms. The smallest absolute Gasteiger partial charge is 0.200 e. The van der Waals surface area contributed by atoms with E-state index in [0.29, 0.717) is 41.3 Å². The Morgan fingerprint density at radius 2 is 1.73 bits per heavy atom. The van der Waals surface area contributed by atoms with Crippen molar-refractivity contribution in [2.24, 2.45) is 0 Å². The van der Waals surface area contributed by atoms with Crippen LogP contribution in [0.2, 0.25) is 0 Å². The summed E-state index contributed by atoms with van der Waals surface area (Å²) in [4.78, 5) is 26.0. The summed E-state index contributed by atoms with van der Waals surface area (Å²) in [6, 6.07) is 14.2. The number of hydrogen-bond acceptors (Lipinski definition) is 6. The van der Waals surface area contributed by atoms with Crippen molar-refractivity contribution in [1.82, 2.24) is 14.9 Å². The Kier molecular flexibility index (Phi) is 7.37. The van der Waals surface area contributed by atoms with Gasteiger partial charge in [0, 0.05) is 56.5 Å². The van der Waals surface area contributed by atoms with E-state index in [-0.39, 0.29) is 10.8 Å². The number of fused-ring (bicyclic) bond motifs is 1. The first kappa shape index (κ1) is 24.8. The van der Waals surface area contributed by atoms with Gasteiger partial charge in [-0.2, -0.15) is 0 Å². The zero-order valence-electron chi connectivity index (χ0n) is 21.2. The highest BCUT2D eigenvalue weighted by Gasteiger charge is 2.23. The van der Waals surface area contributed by atoms with E-state index in [0.717, 1.165) is 44.0 Å². The maximum atomic E-state index is 15.0. The molecular weight excluding hydrogens is 471 g/mol. The summed E-state index contributed by atoms with van der Waals surface area (Å²) in [5.74, 6) is 0.615. The maximum Gasteiger partial charge on any atom is 0.200 e. The SMILES string of the molecule is CCCOc1ccc(F)c2c(=O)c(-c3ccc(OC)cc3)c(CN3CCN(c4ccncc4)CC3)[nH]c12. The fourth-order valence-corrected chi connectivity index (χ4v) is 4.84. The number of benzene rings is 2. The van der Waals surface area contributed by atoms with Gasteiger partial charge >= 0.3 is 0 Å². The van der Waals surface area contributed by atoms with Crippen LogP contribution < -0.4 is 19.8 Å². The topological polar surface area (TPSA) is 70.7 Å². The van der Waals surface area contributed by atoms with Gasteiger partial charge in [-0.15, -0.1) is 0 Å². The summed E-state index contributed by atoms with van der Waals surface area (Å²) in [6.45, 7) is 6.39. The van der Waals surface area contributed by atoms with E-state index < -0.39 is 5.82 Å². The lowest BCUT2D eigenvalue weighted by Gasteiger charge is -2.36. The highest BCUT2D eigenvalue weighted by molar-refractivity contribution is 5.89. The number of aromatic nitrogens is 2. The number of aromatic amines is 1. The molecule has 1 aliphatic rings. The zero-order chi connectivity index (χ0) is 25.8. The second kappa shape index (κ2) is 11.0. The van der Waals surface area contributed by atoms with Crippen molar-refractivity contribution in [3.8, 4) is 22.6 Å². The standard InChI is InChI=1S/C29H31FN4O3/c1-3-18-37-25-9-8-23(30)27-28(25)32-24(26(29(27)35)20-4-6-22(36-2)7-5-20)19-33-14-16-34(17-15-33)21-10-12-31-13-11-21/h4-13H,3,14-19H2,1-2H3,(H,32,35). The lowest BCUT2D eigenvalue weighted by atomic mass is 9.99. The molecule has 0 unspecified atom stereocenters. The molecule has 5 rings (SSSR count). The summed E-state index contributed by atoms with van der Waals surface area (Å²) in [5, 5.41) is 0.0191. The molecule has 1 aliphatic heterocycles. The van der Waals surface area contributed by atoms with Gasteiger partial charge in [-0.25, -0.2) is 4.39 Å². The molecule has 192 valence electrons. The van der Waals surface area contributed by atoms with Crippen LogP contribution in [-0.4, -0.2) is 54.8 Å². The molecule has 4 aromatic rings. The van der Waals surface area contributed by atoms with Gasteiger partial charge in [-0.1, -0.05) is 19.1 Å². The first-order chi connectivity index (χ1) is 18.1. The molecule has 3 heterocycles. The Balaban J connectivity index is 1.54. The number of nitrogens with one attached hydrogen (secondary N) is 1. The molecule has 2 aromatic heterocycles. The molecule has 0 saturated carbocycles. The predicted molar refractivity (Wildman–Crippen MR) is 144 cm³/mol. The lowest BCUT2D eigenvalue weighted by Crippen LogP contribution is -2.46. The summed E-state index contributed by atoms with van der Waals surface area (Å²) in [5.41, 5.74) is 3.14. The molecule has 0 radical (unpaired) electrons. The van der Waals surface area contributed by atoms with Gasteiger partial charge in [0.05, 0.1) is 30.2 Å². The number of rotatable bonds is 8. The van der Waals surface area contributed by atoms with E-state index in [4.69, 9.17) is 9.47 Å². The van der Waals surface area contributed by atoms with Crippen molar-refractivity contribution in [2.45, 2.75) is 19.9 Å². The van der Waals surface area contributed by atoms with Crippen LogP contribution in [0.25, 0.3) is 22.0 Å². The molecular formula is C29H31FN4O3. The second-order valence-electron chi connectivity index (χ2n) is 9.15. The van der Waals surface area contributed by atoms with Crippen molar-refractivity contribution in [3.63, 3.8) is 0 Å². The average Bonchev–Trinajstić information content (AvgIpc) is 2.94. The highest BCUT2D eigenvalue weighted by Crippen LogP contribution is 2.31. The minimum Gasteiger partial charge on any atom is -0.497 e. The van der Waals surface area contributed by atoms with Gasteiger partial charge in [-0.05, 0) is 48.4 Å². The number of piperazine rings is 1. The molecule has 37 heavy (non-hydrogen) atoms. The Bertz CT molecular complexity index is 1420. The normalized spacial score (nSPS) is 14.2. The Morgan fingerprint density at radius 3 is 2.41 bits per heavy atom. The number of anilines is 1. The van der Waals surface area contributed by atoms with Gasteiger partial charge in [0.1, 0.15) is 17.3 Å². The van der Waals surface area contributed by atoms with Crippen molar-refractivity contribution < 1.29 is 13.9 Å². The molecule has 0 bridgehead atoms. The number of hydrogen-bond donors (Lipinski definition) is 1. The van der Waals surface area contributed by atoms with Crippen molar-refractivity contribution in [3.05, 3.63) is 82.7 Å². The fraction of sp³-hybridized carbons (Fsp3) is 0.310. The molecule has 1 fully saturated rings. The number of pyridine rings is 2. The van der Waals surface area contributed by atoms with Crippen molar-refractivity contribution in [2.75, 3.05) is 44.8 Å². The van der Waals surface area contributed by atoms with Crippen LogP contribution in [-0.2, 0) is 6.54 Å². The number of ether oxygens (including phenoxy) is 2. The van der Waals surface area contributed by atoms with Crippen LogP contribution in [0.3, 0.4) is 0 Å². The predicted octanol–water partition coefficient (Wildman–Crippen LogP) is 4.85. The summed E-state index contributed by atoms with van der Waals surface area (Å²) >= 11 is 0. The molecule has 2 aromatic carbocycles. The van der Waals surface area contributed by atoms with Crippen LogP contribution in [0.4, 0.5) is 10.1 Å². The van der Waals surface area contributed by atoms with Crippen molar-refractivity contribution in [1.29, 1.82) is 0 Å². The number of H-pyrrole nitrogens is 1. The van der Waals surface area contributed by atoms with E-state index in [1.165, 1.54) is 6.07 Å². The third kappa shape index (κ3) is 5.15. The Morgan fingerprint density at radius 1 is 1.00 bits per heavy atom. The van der Waals surface area contributed by atoms with Gasteiger partial charge in [0.15, 0.2) is 0 Å². The van der Waals surface area contributed by atoms with E-state index >= 15 is 4.39 Å². The van der Waals surface area contributed by atoms with Crippen LogP contribution in [0.1, 0.15) is 19.0 Å². The van der Waals surface area contributed by atoms with Crippen LogP contribution in [0.5, 0.6) is 11.5 Å². The molecule has 0 aliphatic carbocycles. The second-order valence-corrected chi connectivity index (χ2v) is 9.15. The number of methoxy groups -OCH3 is 1. The lowest BCUT2D eigenvalue weighted by molar-refractivity contribution is 0.247. The third-order valence-corrected chi connectivity index (χ3v) is 6.77. The fourth-order valence-electron chi connectivity index (χ4n) is 4.84. The van der Waals surface area contributed by atoms with Gasteiger partial charge in [0.2, 0.25) is 5.43 Å². The largest absolute Gasteiger partial charge is 0.497 e. The highest BCUT2D eigenvalue weighted by atomic mass is 19.1. The maximum absolute atomic E-state index is 15.0.